The van der Waals surface area contributed by atoms with Gasteiger partial charge in [-0.05, 0) is 42.0 Å². The molecule has 1 unspecified atom stereocenters. The predicted molar refractivity (Wildman–Crippen MR) is 84.9 cm³/mol. The van der Waals surface area contributed by atoms with Crippen molar-refractivity contribution < 1.29 is 14.2 Å². The highest BCUT2D eigenvalue weighted by Crippen LogP contribution is 2.45. The van der Waals surface area contributed by atoms with Crippen molar-refractivity contribution in [2.75, 3.05) is 25.2 Å². The molecule has 0 aliphatic carbocycles. The molecule has 2 fully saturated rings. The highest BCUT2D eigenvalue weighted by Gasteiger charge is 2.22. The summed E-state index contributed by atoms with van der Waals surface area (Å²) in [7, 11) is 1.68. The van der Waals surface area contributed by atoms with E-state index in [1.54, 1.807) is 7.11 Å². The van der Waals surface area contributed by atoms with Crippen LogP contribution in [0, 0.1) is 0 Å². The molecule has 1 aromatic carbocycles. The lowest BCUT2D eigenvalue weighted by molar-refractivity contribution is -0.0402. The Hall–Kier alpha value is -0.520. The Kier molecular flexibility index (Phi) is 5.02. The first-order valence-corrected chi connectivity index (χ1v) is 9.16. The summed E-state index contributed by atoms with van der Waals surface area (Å²) in [6, 6.07) is 6.28. The Morgan fingerprint density at radius 3 is 2.70 bits per heavy atom. The molecule has 0 radical (unpaired) electrons. The van der Waals surface area contributed by atoms with Crippen LogP contribution in [0.25, 0.3) is 0 Å². The van der Waals surface area contributed by atoms with Gasteiger partial charge in [0.2, 0.25) is 0 Å². The van der Waals surface area contributed by atoms with Gasteiger partial charge in [0.25, 0.3) is 0 Å². The van der Waals surface area contributed by atoms with Crippen LogP contribution in [0.4, 0.5) is 0 Å². The summed E-state index contributed by atoms with van der Waals surface area (Å²) < 4.78 is 17.4. The molecule has 0 aromatic heterocycles. The van der Waals surface area contributed by atoms with Crippen molar-refractivity contribution >= 4 is 23.5 Å². The van der Waals surface area contributed by atoms with Crippen LogP contribution in [0.1, 0.15) is 29.4 Å². The van der Waals surface area contributed by atoms with E-state index >= 15 is 0 Å². The number of thioether (sulfide) groups is 2. The monoisotopic (exact) mass is 312 g/mol. The van der Waals surface area contributed by atoms with Crippen molar-refractivity contribution in [2.24, 2.45) is 0 Å². The highest BCUT2D eigenvalue weighted by molar-refractivity contribution is 8.16. The van der Waals surface area contributed by atoms with Gasteiger partial charge < -0.3 is 14.2 Å². The van der Waals surface area contributed by atoms with Crippen LogP contribution in [0.5, 0.6) is 11.5 Å². The van der Waals surface area contributed by atoms with Crippen LogP contribution < -0.4 is 9.47 Å². The molecule has 0 N–H and O–H groups in total. The summed E-state index contributed by atoms with van der Waals surface area (Å²) in [5, 5.41) is 0. The smallest absolute Gasteiger partial charge is 0.200 e. The van der Waals surface area contributed by atoms with E-state index in [0.29, 0.717) is 4.58 Å². The normalized spacial score (nSPS) is 23.8. The molecule has 3 nitrogen and oxygen atoms in total. The van der Waals surface area contributed by atoms with Crippen molar-refractivity contribution in [3.63, 3.8) is 0 Å². The van der Waals surface area contributed by atoms with Crippen molar-refractivity contribution in [3.8, 4) is 11.5 Å². The van der Waals surface area contributed by atoms with Gasteiger partial charge in [0, 0.05) is 6.42 Å². The maximum Gasteiger partial charge on any atom is 0.200 e. The van der Waals surface area contributed by atoms with Crippen LogP contribution in [0.3, 0.4) is 0 Å². The number of methoxy groups -OCH3 is 1. The molecule has 2 aliphatic heterocycles. The van der Waals surface area contributed by atoms with E-state index in [4.69, 9.17) is 14.2 Å². The second-order valence-electron chi connectivity index (χ2n) is 4.90. The van der Waals surface area contributed by atoms with Crippen LogP contribution in [0.2, 0.25) is 0 Å². The van der Waals surface area contributed by atoms with E-state index in [9.17, 15) is 0 Å². The molecular weight excluding hydrogens is 292 g/mol. The zero-order valence-electron chi connectivity index (χ0n) is 11.7. The maximum absolute atomic E-state index is 5.96. The second kappa shape index (κ2) is 6.96. The average molecular weight is 312 g/mol. The largest absolute Gasteiger partial charge is 0.493 e. The van der Waals surface area contributed by atoms with Gasteiger partial charge in [0.1, 0.15) is 0 Å². The minimum Gasteiger partial charge on any atom is -0.493 e. The third-order valence-electron chi connectivity index (χ3n) is 3.43. The van der Waals surface area contributed by atoms with E-state index in [1.165, 1.54) is 23.5 Å². The summed E-state index contributed by atoms with van der Waals surface area (Å²) in [6.45, 7) is 0.793. The standard InChI is InChI=1S/C15H20O3S2/c1-16-12-6-5-11(15-19-8-3-9-20-15)10-13(12)18-14-4-2-7-17-14/h5-6,10,14-15H,2-4,7-9H2,1H3. The molecule has 2 heterocycles. The van der Waals surface area contributed by atoms with Crippen LogP contribution >= 0.6 is 23.5 Å². The minimum atomic E-state index is -0.120. The molecule has 2 aliphatic rings. The average Bonchev–Trinajstić information content (AvgIpc) is 3.01. The molecule has 1 aromatic rings. The fourth-order valence-corrected chi connectivity index (χ4v) is 5.27. The molecule has 2 saturated heterocycles. The van der Waals surface area contributed by atoms with Crippen LogP contribution in [-0.2, 0) is 4.74 Å². The summed E-state index contributed by atoms with van der Waals surface area (Å²) in [5.74, 6) is 4.08. The second-order valence-corrected chi connectivity index (χ2v) is 7.62. The molecule has 5 heteroatoms. The maximum atomic E-state index is 5.96. The molecule has 110 valence electrons. The first-order chi connectivity index (χ1) is 9.86. The van der Waals surface area contributed by atoms with E-state index in [-0.39, 0.29) is 6.29 Å². The quantitative estimate of drug-likeness (QED) is 0.835. The van der Waals surface area contributed by atoms with Gasteiger partial charge in [-0.15, -0.1) is 23.5 Å². The lowest BCUT2D eigenvalue weighted by Gasteiger charge is -2.23. The van der Waals surface area contributed by atoms with Gasteiger partial charge >= 0.3 is 0 Å². The fraction of sp³-hybridized carbons (Fsp3) is 0.600. The molecule has 0 amide bonds. The summed E-state index contributed by atoms with van der Waals surface area (Å²) in [4.78, 5) is 0. The number of rotatable bonds is 4. The summed E-state index contributed by atoms with van der Waals surface area (Å²) in [6.07, 6.45) is 3.22. The third kappa shape index (κ3) is 3.38. The van der Waals surface area contributed by atoms with Crippen molar-refractivity contribution in [1.82, 2.24) is 0 Å². The molecular formula is C15H20O3S2. The van der Waals surface area contributed by atoms with Gasteiger partial charge in [0.15, 0.2) is 17.8 Å². The van der Waals surface area contributed by atoms with Crippen molar-refractivity contribution in [3.05, 3.63) is 23.8 Å². The lowest BCUT2D eigenvalue weighted by Crippen LogP contribution is -2.14. The Labute approximate surface area is 128 Å². The molecule has 3 rings (SSSR count). The van der Waals surface area contributed by atoms with Gasteiger partial charge in [-0.1, -0.05) is 6.07 Å². The number of benzene rings is 1. The summed E-state index contributed by atoms with van der Waals surface area (Å²) >= 11 is 4.03. The van der Waals surface area contributed by atoms with Gasteiger partial charge in [-0.3, -0.25) is 0 Å². The number of hydrogen-bond donors (Lipinski definition) is 0. The van der Waals surface area contributed by atoms with Gasteiger partial charge in [-0.2, -0.15) is 0 Å². The van der Waals surface area contributed by atoms with Crippen molar-refractivity contribution in [1.29, 1.82) is 0 Å². The topological polar surface area (TPSA) is 27.7 Å². The molecule has 20 heavy (non-hydrogen) atoms. The first-order valence-electron chi connectivity index (χ1n) is 7.06. The Morgan fingerprint density at radius 1 is 1.15 bits per heavy atom. The molecule has 0 bridgehead atoms. The summed E-state index contributed by atoms with van der Waals surface area (Å²) in [5.41, 5.74) is 1.31. The van der Waals surface area contributed by atoms with Gasteiger partial charge in [-0.25, -0.2) is 0 Å². The fourth-order valence-electron chi connectivity index (χ4n) is 2.39. The zero-order valence-corrected chi connectivity index (χ0v) is 13.3. The van der Waals surface area contributed by atoms with E-state index in [2.05, 4.69) is 12.1 Å². The van der Waals surface area contributed by atoms with Gasteiger partial charge in [0.05, 0.1) is 18.3 Å². The third-order valence-corrected chi connectivity index (χ3v) is 6.45. The molecule has 1 atom stereocenters. The zero-order chi connectivity index (χ0) is 13.8. The molecule has 0 saturated carbocycles. The Balaban J connectivity index is 1.78. The first kappa shape index (κ1) is 14.4. The Bertz CT molecular complexity index is 441. The van der Waals surface area contributed by atoms with E-state index in [0.717, 1.165) is 30.9 Å². The SMILES string of the molecule is COc1ccc(C2SCCCS2)cc1OC1CCCO1. The van der Waals surface area contributed by atoms with E-state index < -0.39 is 0 Å². The number of ether oxygens (including phenoxy) is 3. The number of hydrogen-bond acceptors (Lipinski definition) is 5. The predicted octanol–water partition coefficient (Wildman–Crippen LogP) is 4.08. The van der Waals surface area contributed by atoms with Crippen molar-refractivity contribution in [2.45, 2.75) is 30.1 Å². The van der Waals surface area contributed by atoms with E-state index in [1.807, 2.05) is 29.6 Å². The minimum absolute atomic E-state index is 0.120. The van der Waals surface area contributed by atoms with Crippen LogP contribution in [-0.4, -0.2) is 31.5 Å². The lowest BCUT2D eigenvalue weighted by atomic mass is 10.2. The highest BCUT2D eigenvalue weighted by atomic mass is 32.2. The van der Waals surface area contributed by atoms with Crippen LogP contribution in [0.15, 0.2) is 18.2 Å². The Morgan fingerprint density at radius 2 is 2.00 bits per heavy atom. The molecule has 0 spiro atoms.